The second-order valence-electron chi connectivity index (χ2n) is 7.49. The summed E-state index contributed by atoms with van der Waals surface area (Å²) in [6, 6.07) is 22.4. The van der Waals surface area contributed by atoms with Crippen LogP contribution in [0.1, 0.15) is 30.9 Å². The molecule has 0 saturated heterocycles. The first kappa shape index (κ1) is 21.4. The lowest BCUT2D eigenvalue weighted by atomic mass is 9.88. The number of benzene rings is 3. The lowest BCUT2D eigenvalue weighted by Gasteiger charge is -2.26. The first-order chi connectivity index (χ1) is 15.6. The van der Waals surface area contributed by atoms with Crippen molar-refractivity contribution in [1.82, 2.24) is 0 Å². The van der Waals surface area contributed by atoms with E-state index in [1.807, 2.05) is 72.8 Å². The average Bonchev–Trinajstić information content (AvgIpc) is 2.82. The van der Waals surface area contributed by atoms with Crippen LogP contribution in [0.4, 0.5) is 11.4 Å². The maximum atomic E-state index is 13.0. The lowest BCUT2D eigenvalue weighted by Crippen LogP contribution is -2.26. The predicted molar refractivity (Wildman–Crippen MR) is 124 cm³/mol. The number of fused-ring (bicyclic) bond motifs is 2. The van der Waals surface area contributed by atoms with E-state index < -0.39 is 11.9 Å². The molecule has 6 nitrogen and oxygen atoms in total. The molecule has 1 N–H and O–H groups in total. The van der Waals surface area contributed by atoms with Gasteiger partial charge in [-0.15, -0.1) is 0 Å². The van der Waals surface area contributed by atoms with E-state index in [4.69, 9.17) is 9.47 Å². The van der Waals surface area contributed by atoms with Gasteiger partial charge in [-0.25, -0.2) is 0 Å². The zero-order valence-electron chi connectivity index (χ0n) is 18.2. The van der Waals surface area contributed by atoms with Crippen molar-refractivity contribution in [2.75, 3.05) is 29.9 Å². The van der Waals surface area contributed by atoms with Gasteiger partial charge in [-0.05, 0) is 50.2 Å². The van der Waals surface area contributed by atoms with Gasteiger partial charge in [0, 0.05) is 35.6 Å². The van der Waals surface area contributed by atoms with E-state index in [1.165, 1.54) is 0 Å². The molecule has 0 fully saturated rings. The normalized spacial score (nSPS) is 12.2. The number of amides is 1. The Morgan fingerprint density at radius 2 is 1.44 bits per heavy atom. The minimum atomic E-state index is -0.641. The van der Waals surface area contributed by atoms with Crippen molar-refractivity contribution in [2.24, 2.45) is 0 Å². The summed E-state index contributed by atoms with van der Waals surface area (Å²) in [4.78, 5) is 27.6. The third-order valence-electron chi connectivity index (χ3n) is 5.54. The summed E-state index contributed by atoms with van der Waals surface area (Å²) in [5.74, 6) is -0.281. The summed E-state index contributed by atoms with van der Waals surface area (Å²) < 4.78 is 11.3. The molecular weight excluding hydrogens is 404 g/mol. The third kappa shape index (κ3) is 4.44. The van der Waals surface area contributed by atoms with Gasteiger partial charge in [-0.2, -0.15) is 0 Å². The minimum Gasteiger partial charge on any atom is -0.457 e. The van der Waals surface area contributed by atoms with Gasteiger partial charge >= 0.3 is 5.97 Å². The summed E-state index contributed by atoms with van der Waals surface area (Å²) in [5, 5.41) is 2.78. The van der Waals surface area contributed by atoms with Crippen LogP contribution in [-0.4, -0.2) is 31.6 Å². The Hall–Kier alpha value is -3.80. The molecule has 1 aliphatic heterocycles. The molecule has 0 unspecified atom stereocenters. The summed E-state index contributed by atoms with van der Waals surface area (Å²) in [5.41, 5.74) is 3.20. The number of carbonyl (C=O) groups is 2. The van der Waals surface area contributed by atoms with E-state index >= 15 is 0 Å². The number of ether oxygens (including phenoxy) is 2. The maximum Gasteiger partial charge on any atom is 0.318 e. The molecule has 0 spiro atoms. The second-order valence-corrected chi connectivity index (χ2v) is 7.49. The first-order valence-corrected chi connectivity index (χ1v) is 10.8. The van der Waals surface area contributed by atoms with E-state index in [-0.39, 0.29) is 12.5 Å². The number of para-hydroxylation sites is 2. The fourth-order valence-corrected chi connectivity index (χ4v) is 3.93. The van der Waals surface area contributed by atoms with Crippen molar-refractivity contribution < 1.29 is 19.1 Å². The van der Waals surface area contributed by atoms with Crippen LogP contribution >= 0.6 is 0 Å². The molecule has 3 aromatic carbocycles. The molecule has 3 aromatic rings. The fourth-order valence-electron chi connectivity index (χ4n) is 3.93. The summed E-state index contributed by atoms with van der Waals surface area (Å²) >= 11 is 0. The number of carbonyl (C=O) groups excluding carboxylic acids is 2. The highest BCUT2D eigenvalue weighted by molar-refractivity contribution is 5.94. The summed E-state index contributed by atoms with van der Waals surface area (Å²) in [7, 11) is 0. The second kappa shape index (κ2) is 9.56. The Morgan fingerprint density at radius 1 is 0.875 bits per heavy atom. The maximum absolute atomic E-state index is 13.0. The number of hydrogen-bond acceptors (Lipinski definition) is 5. The van der Waals surface area contributed by atoms with E-state index in [2.05, 4.69) is 24.1 Å². The highest BCUT2D eigenvalue weighted by atomic mass is 16.5. The zero-order valence-corrected chi connectivity index (χ0v) is 18.2. The predicted octanol–water partition coefficient (Wildman–Crippen LogP) is 4.95. The highest BCUT2D eigenvalue weighted by Gasteiger charge is 2.33. The monoisotopic (exact) mass is 430 g/mol. The number of nitrogens with one attached hydrogen (secondary N) is 1. The van der Waals surface area contributed by atoms with Crippen LogP contribution < -0.4 is 15.0 Å². The van der Waals surface area contributed by atoms with Crippen molar-refractivity contribution in [3.63, 3.8) is 0 Å². The number of esters is 1. The SMILES string of the molecule is CCN(CC)c1ccc(NC(=O)COC(=O)C2c3ccccc3Oc3ccccc32)cc1. The Kier molecular flexibility index (Phi) is 6.40. The van der Waals surface area contributed by atoms with Gasteiger partial charge in [0.1, 0.15) is 17.4 Å². The summed E-state index contributed by atoms with van der Waals surface area (Å²) in [6.45, 7) is 5.66. The number of anilines is 2. The molecule has 1 heterocycles. The van der Waals surface area contributed by atoms with Crippen LogP contribution in [-0.2, 0) is 14.3 Å². The van der Waals surface area contributed by atoms with E-state index in [0.717, 1.165) is 29.9 Å². The van der Waals surface area contributed by atoms with Gasteiger partial charge in [-0.3, -0.25) is 9.59 Å². The van der Waals surface area contributed by atoms with Crippen LogP contribution in [0.3, 0.4) is 0 Å². The molecule has 0 atom stereocenters. The Bertz CT molecular complexity index is 1060. The van der Waals surface area contributed by atoms with Gasteiger partial charge in [0.2, 0.25) is 0 Å². The number of rotatable bonds is 7. The Labute approximate surface area is 187 Å². The molecule has 1 aliphatic rings. The quantitative estimate of drug-likeness (QED) is 0.537. The molecule has 0 aliphatic carbocycles. The van der Waals surface area contributed by atoms with E-state index in [1.54, 1.807) is 0 Å². The molecule has 0 bridgehead atoms. The van der Waals surface area contributed by atoms with Gasteiger partial charge in [0.15, 0.2) is 6.61 Å². The smallest absolute Gasteiger partial charge is 0.318 e. The first-order valence-electron chi connectivity index (χ1n) is 10.8. The Balaban J connectivity index is 1.42. The van der Waals surface area contributed by atoms with Crippen molar-refractivity contribution in [1.29, 1.82) is 0 Å². The van der Waals surface area contributed by atoms with E-state index in [9.17, 15) is 9.59 Å². The van der Waals surface area contributed by atoms with Gasteiger partial charge in [0.05, 0.1) is 0 Å². The molecule has 0 radical (unpaired) electrons. The summed E-state index contributed by atoms with van der Waals surface area (Å²) in [6.07, 6.45) is 0. The lowest BCUT2D eigenvalue weighted by molar-refractivity contribution is -0.148. The van der Waals surface area contributed by atoms with E-state index in [0.29, 0.717) is 17.2 Å². The molecule has 0 aromatic heterocycles. The van der Waals surface area contributed by atoms with Gasteiger partial charge in [0.25, 0.3) is 5.91 Å². The fraction of sp³-hybridized carbons (Fsp3) is 0.231. The van der Waals surface area contributed by atoms with Crippen molar-refractivity contribution in [3.05, 3.63) is 83.9 Å². The standard InChI is InChI=1S/C26H26N2O4/c1-3-28(4-2)19-15-13-18(14-16-19)27-24(29)17-31-26(30)25-20-9-5-7-11-22(20)32-23-12-8-6-10-21(23)25/h5-16,25H,3-4,17H2,1-2H3,(H,27,29). The molecule has 6 heteroatoms. The molecule has 164 valence electrons. The zero-order chi connectivity index (χ0) is 22.5. The number of nitrogens with zero attached hydrogens (tertiary/aromatic N) is 1. The molecular formula is C26H26N2O4. The highest BCUT2D eigenvalue weighted by Crippen LogP contribution is 2.44. The van der Waals surface area contributed by atoms with Crippen LogP contribution in [0.5, 0.6) is 11.5 Å². The van der Waals surface area contributed by atoms with Crippen molar-refractivity contribution >= 4 is 23.3 Å². The minimum absolute atomic E-state index is 0.363. The topological polar surface area (TPSA) is 67.9 Å². The van der Waals surface area contributed by atoms with Crippen LogP contribution in [0.15, 0.2) is 72.8 Å². The molecule has 32 heavy (non-hydrogen) atoms. The Morgan fingerprint density at radius 3 is 2.00 bits per heavy atom. The average molecular weight is 431 g/mol. The molecule has 1 amide bonds. The molecule has 0 saturated carbocycles. The largest absolute Gasteiger partial charge is 0.457 e. The van der Waals surface area contributed by atoms with Crippen LogP contribution in [0, 0.1) is 0 Å². The third-order valence-corrected chi connectivity index (χ3v) is 5.54. The number of hydrogen-bond donors (Lipinski definition) is 1. The van der Waals surface area contributed by atoms with Crippen molar-refractivity contribution in [2.45, 2.75) is 19.8 Å². The molecule has 4 rings (SSSR count). The van der Waals surface area contributed by atoms with Gasteiger partial charge in [-0.1, -0.05) is 36.4 Å². The van der Waals surface area contributed by atoms with Gasteiger partial charge < -0.3 is 19.7 Å². The van der Waals surface area contributed by atoms with Crippen LogP contribution in [0.2, 0.25) is 0 Å². The van der Waals surface area contributed by atoms with Crippen LogP contribution in [0.25, 0.3) is 0 Å². The van der Waals surface area contributed by atoms with Crippen molar-refractivity contribution in [3.8, 4) is 11.5 Å².